The number of rotatable bonds is 1. The summed E-state index contributed by atoms with van der Waals surface area (Å²) in [6.07, 6.45) is 2.00. The van der Waals surface area contributed by atoms with Crippen LogP contribution in [0.15, 0.2) is 41.3 Å². The summed E-state index contributed by atoms with van der Waals surface area (Å²) in [5, 5.41) is 11.3. The van der Waals surface area contributed by atoms with Crippen molar-refractivity contribution >= 4 is 22.5 Å². The van der Waals surface area contributed by atoms with Crippen LogP contribution >= 0.6 is 11.8 Å². The maximum atomic E-state index is 8.95. The molecule has 0 amide bonds. The van der Waals surface area contributed by atoms with Gasteiger partial charge in [-0.25, -0.2) is 0 Å². The third kappa shape index (κ3) is 1.36. The smallest absolute Gasteiger partial charge is 0.100 e. The number of hydrogen-bond acceptors (Lipinski definition) is 2. The lowest BCUT2D eigenvalue weighted by atomic mass is 10.1. The molecule has 2 aromatic rings. The highest BCUT2D eigenvalue weighted by Crippen LogP contribution is 2.29. The molecule has 0 spiro atoms. The van der Waals surface area contributed by atoms with E-state index in [0.29, 0.717) is 0 Å². The maximum absolute atomic E-state index is 8.95. The van der Waals surface area contributed by atoms with Crippen molar-refractivity contribution in [1.82, 2.24) is 0 Å². The second-order valence-corrected chi connectivity index (χ2v) is 3.80. The number of nitriles is 1. The molecule has 0 aliphatic rings. The van der Waals surface area contributed by atoms with Crippen LogP contribution in [0, 0.1) is 11.3 Å². The Hall–Kier alpha value is -1.46. The molecule has 0 N–H and O–H groups in total. The zero-order chi connectivity index (χ0) is 9.97. The first-order valence-electron chi connectivity index (χ1n) is 4.32. The van der Waals surface area contributed by atoms with E-state index in [1.807, 2.05) is 30.5 Å². The Morgan fingerprint density at radius 2 is 1.93 bits per heavy atom. The van der Waals surface area contributed by atoms with Gasteiger partial charge in [-0.3, -0.25) is 0 Å². The second-order valence-electron chi connectivity index (χ2n) is 2.98. The molecule has 2 aromatic carbocycles. The summed E-state index contributed by atoms with van der Waals surface area (Å²) >= 11 is 1.63. The standard InChI is InChI=1S/C12H9NS/c1-14-12-10(8-13)7-6-9-4-2-3-5-11(9)12/h2-7H,1H3. The zero-order valence-corrected chi connectivity index (χ0v) is 8.64. The first kappa shape index (κ1) is 9.11. The molecule has 1 nitrogen and oxygen atoms in total. The molecule has 14 heavy (non-hydrogen) atoms. The van der Waals surface area contributed by atoms with Crippen molar-refractivity contribution in [3.63, 3.8) is 0 Å². The van der Waals surface area contributed by atoms with E-state index in [1.54, 1.807) is 11.8 Å². The zero-order valence-electron chi connectivity index (χ0n) is 7.82. The fourth-order valence-electron chi connectivity index (χ4n) is 1.55. The molecule has 0 fully saturated rings. The van der Waals surface area contributed by atoms with Gasteiger partial charge in [0.05, 0.1) is 5.56 Å². The molecule has 0 aromatic heterocycles. The van der Waals surface area contributed by atoms with Gasteiger partial charge in [0.25, 0.3) is 0 Å². The molecule has 68 valence electrons. The van der Waals surface area contributed by atoms with Crippen LogP contribution in [0.3, 0.4) is 0 Å². The van der Waals surface area contributed by atoms with Gasteiger partial charge in [-0.1, -0.05) is 30.3 Å². The van der Waals surface area contributed by atoms with Crippen molar-refractivity contribution in [2.45, 2.75) is 4.90 Å². The van der Waals surface area contributed by atoms with E-state index in [4.69, 9.17) is 5.26 Å². The Labute approximate surface area is 87.4 Å². The summed E-state index contributed by atoms with van der Waals surface area (Å²) in [6.45, 7) is 0. The summed E-state index contributed by atoms with van der Waals surface area (Å²) in [6, 6.07) is 14.2. The second kappa shape index (κ2) is 3.73. The summed E-state index contributed by atoms with van der Waals surface area (Å²) < 4.78 is 0. The van der Waals surface area contributed by atoms with E-state index in [1.165, 1.54) is 10.8 Å². The van der Waals surface area contributed by atoms with Crippen molar-refractivity contribution in [2.24, 2.45) is 0 Å². The molecule has 0 aliphatic heterocycles. The topological polar surface area (TPSA) is 23.8 Å². The van der Waals surface area contributed by atoms with Crippen LogP contribution in [0.2, 0.25) is 0 Å². The quantitative estimate of drug-likeness (QED) is 0.657. The normalized spacial score (nSPS) is 10.0. The van der Waals surface area contributed by atoms with Crippen LogP contribution in [0.25, 0.3) is 10.8 Å². The molecule has 2 heteroatoms. The largest absolute Gasteiger partial charge is 0.192 e. The number of fused-ring (bicyclic) bond motifs is 1. The molecular weight excluding hydrogens is 190 g/mol. The van der Waals surface area contributed by atoms with E-state index in [9.17, 15) is 0 Å². The molecule has 0 atom stereocenters. The molecular formula is C12H9NS. The average Bonchev–Trinajstić information content (AvgIpc) is 2.27. The highest BCUT2D eigenvalue weighted by atomic mass is 32.2. The predicted octanol–water partition coefficient (Wildman–Crippen LogP) is 3.43. The van der Waals surface area contributed by atoms with Gasteiger partial charge in [-0.2, -0.15) is 5.26 Å². The lowest BCUT2D eigenvalue weighted by molar-refractivity contribution is 1.42. The minimum atomic E-state index is 0.760. The van der Waals surface area contributed by atoms with Crippen LogP contribution in [-0.2, 0) is 0 Å². The summed E-state index contributed by atoms with van der Waals surface area (Å²) in [7, 11) is 0. The van der Waals surface area contributed by atoms with Gasteiger partial charge in [0.1, 0.15) is 6.07 Å². The highest BCUT2D eigenvalue weighted by Gasteiger charge is 2.04. The van der Waals surface area contributed by atoms with Gasteiger partial charge < -0.3 is 0 Å². The van der Waals surface area contributed by atoms with Crippen LogP contribution in [-0.4, -0.2) is 6.26 Å². The van der Waals surface area contributed by atoms with Crippen LogP contribution in [0.5, 0.6) is 0 Å². The Balaban J connectivity index is 2.85. The van der Waals surface area contributed by atoms with E-state index in [0.717, 1.165) is 10.5 Å². The Kier molecular flexibility index (Phi) is 2.43. The fourth-order valence-corrected chi connectivity index (χ4v) is 2.29. The van der Waals surface area contributed by atoms with E-state index < -0.39 is 0 Å². The summed E-state index contributed by atoms with van der Waals surface area (Å²) in [4.78, 5) is 1.07. The van der Waals surface area contributed by atoms with Gasteiger partial charge in [-0.15, -0.1) is 11.8 Å². The van der Waals surface area contributed by atoms with E-state index in [-0.39, 0.29) is 0 Å². The van der Waals surface area contributed by atoms with Crippen LogP contribution in [0.1, 0.15) is 5.56 Å². The first-order valence-corrected chi connectivity index (χ1v) is 5.55. The molecule has 0 saturated carbocycles. The lowest BCUT2D eigenvalue weighted by Crippen LogP contribution is -1.82. The third-order valence-corrected chi connectivity index (χ3v) is 3.05. The SMILES string of the molecule is CSc1c(C#N)ccc2ccccc12. The number of hydrogen-bond donors (Lipinski definition) is 0. The molecule has 2 rings (SSSR count). The van der Waals surface area contributed by atoms with Gasteiger partial charge >= 0.3 is 0 Å². The Morgan fingerprint density at radius 1 is 1.14 bits per heavy atom. The average molecular weight is 199 g/mol. The Bertz CT molecular complexity index is 511. The molecule has 0 bridgehead atoms. The van der Waals surface area contributed by atoms with Crippen LogP contribution < -0.4 is 0 Å². The van der Waals surface area contributed by atoms with Gasteiger partial charge in [0.2, 0.25) is 0 Å². The lowest BCUT2D eigenvalue weighted by Gasteiger charge is -2.04. The molecule has 0 aliphatic carbocycles. The van der Waals surface area contributed by atoms with Crippen molar-refractivity contribution in [3.05, 3.63) is 42.0 Å². The van der Waals surface area contributed by atoms with Crippen molar-refractivity contribution < 1.29 is 0 Å². The third-order valence-electron chi connectivity index (χ3n) is 2.20. The van der Waals surface area contributed by atoms with E-state index >= 15 is 0 Å². The molecule has 0 unspecified atom stereocenters. The number of nitrogens with zero attached hydrogens (tertiary/aromatic N) is 1. The van der Waals surface area contributed by atoms with Gasteiger partial charge in [-0.05, 0) is 23.1 Å². The minimum absolute atomic E-state index is 0.760. The van der Waals surface area contributed by atoms with Crippen molar-refractivity contribution in [1.29, 1.82) is 5.26 Å². The molecule has 0 saturated heterocycles. The maximum Gasteiger partial charge on any atom is 0.100 e. The fraction of sp³-hybridized carbons (Fsp3) is 0.0833. The molecule has 0 radical (unpaired) electrons. The number of thioether (sulfide) groups is 1. The molecule has 0 heterocycles. The van der Waals surface area contributed by atoms with Gasteiger partial charge in [0.15, 0.2) is 0 Å². The summed E-state index contributed by atoms with van der Waals surface area (Å²) in [5.41, 5.74) is 0.760. The first-order chi connectivity index (χ1) is 6.86. The summed E-state index contributed by atoms with van der Waals surface area (Å²) in [5.74, 6) is 0. The highest BCUT2D eigenvalue weighted by molar-refractivity contribution is 7.98. The monoisotopic (exact) mass is 199 g/mol. The number of benzene rings is 2. The van der Waals surface area contributed by atoms with E-state index in [2.05, 4.69) is 18.2 Å². The van der Waals surface area contributed by atoms with Gasteiger partial charge in [0, 0.05) is 4.90 Å². The Morgan fingerprint density at radius 3 is 2.64 bits per heavy atom. The van der Waals surface area contributed by atoms with Crippen LogP contribution in [0.4, 0.5) is 0 Å². The minimum Gasteiger partial charge on any atom is -0.192 e. The van der Waals surface area contributed by atoms with Crippen molar-refractivity contribution in [2.75, 3.05) is 6.26 Å². The van der Waals surface area contributed by atoms with Crippen molar-refractivity contribution in [3.8, 4) is 6.07 Å². The predicted molar refractivity (Wildman–Crippen MR) is 60.4 cm³/mol.